The maximum atomic E-state index is 12.0. The van der Waals surface area contributed by atoms with Gasteiger partial charge in [0.1, 0.15) is 6.61 Å². The quantitative estimate of drug-likeness (QED) is 0.134. The topological polar surface area (TPSA) is 119 Å². The van der Waals surface area contributed by atoms with Crippen molar-refractivity contribution in [1.82, 2.24) is 0 Å². The van der Waals surface area contributed by atoms with E-state index >= 15 is 0 Å². The standard InChI is InChI=1S/C19H32O10S/c1-18-2-4-19(5-3-18)30(21,22)29-17-15-27-13-11-25-9-7-23-6-8-24-10-12-26-14-16-28-20/h2-5,20H,6-17H2,1H3. The molecule has 0 aliphatic carbocycles. The van der Waals surface area contributed by atoms with Crippen molar-refractivity contribution in [2.45, 2.75) is 11.8 Å². The summed E-state index contributed by atoms with van der Waals surface area (Å²) in [7, 11) is -3.76. The molecule has 0 atom stereocenters. The first kappa shape index (κ1) is 26.9. The van der Waals surface area contributed by atoms with Crippen molar-refractivity contribution in [2.75, 3.05) is 79.3 Å². The fourth-order valence-electron chi connectivity index (χ4n) is 2.05. The fraction of sp³-hybridized carbons (Fsp3) is 0.684. The highest BCUT2D eigenvalue weighted by atomic mass is 32.2. The molecule has 0 amide bonds. The van der Waals surface area contributed by atoms with Gasteiger partial charge >= 0.3 is 0 Å². The first-order valence-electron chi connectivity index (χ1n) is 9.67. The van der Waals surface area contributed by atoms with Gasteiger partial charge in [0.2, 0.25) is 0 Å². The Balaban J connectivity index is 1.84. The van der Waals surface area contributed by atoms with Gasteiger partial charge in [-0.1, -0.05) is 17.7 Å². The highest BCUT2D eigenvalue weighted by Gasteiger charge is 2.14. The van der Waals surface area contributed by atoms with Crippen LogP contribution in [0.5, 0.6) is 0 Å². The average molecular weight is 453 g/mol. The van der Waals surface area contributed by atoms with E-state index in [1.54, 1.807) is 12.1 Å². The van der Waals surface area contributed by atoms with Crippen molar-refractivity contribution in [2.24, 2.45) is 0 Å². The van der Waals surface area contributed by atoms with Gasteiger partial charge in [-0.3, -0.25) is 9.44 Å². The maximum absolute atomic E-state index is 12.0. The lowest BCUT2D eigenvalue weighted by atomic mass is 10.2. The van der Waals surface area contributed by atoms with Crippen molar-refractivity contribution in [3.05, 3.63) is 29.8 Å². The summed E-state index contributed by atoms with van der Waals surface area (Å²) >= 11 is 0. The molecule has 11 heteroatoms. The lowest BCUT2D eigenvalue weighted by molar-refractivity contribution is -0.249. The Bertz CT molecular complexity index is 621. The Labute approximate surface area is 178 Å². The third kappa shape index (κ3) is 14.0. The molecular formula is C19H32O10S. The van der Waals surface area contributed by atoms with E-state index in [2.05, 4.69) is 4.89 Å². The minimum absolute atomic E-state index is 0.0560. The molecule has 0 unspecified atom stereocenters. The molecule has 0 saturated carbocycles. The Kier molecular flexibility index (Phi) is 15.7. The van der Waals surface area contributed by atoms with E-state index in [0.717, 1.165) is 5.56 Å². The van der Waals surface area contributed by atoms with Gasteiger partial charge in [0.25, 0.3) is 10.1 Å². The number of aryl methyl sites for hydroxylation is 1. The molecule has 0 aliphatic heterocycles. The second-order valence-corrected chi connectivity index (χ2v) is 7.60. The zero-order valence-electron chi connectivity index (χ0n) is 17.3. The van der Waals surface area contributed by atoms with E-state index in [4.69, 9.17) is 33.1 Å². The SMILES string of the molecule is Cc1ccc(S(=O)(=O)OCCOCCOCCOCCOCCOCCOO)cc1. The van der Waals surface area contributed by atoms with Gasteiger partial charge in [0.05, 0.1) is 77.6 Å². The zero-order chi connectivity index (χ0) is 21.9. The summed E-state index contributed by atoms with van der Waals surface area (Å²) in [6, 6.07) is 6.46. The molecule has 0 radical (unpaired) electrons. The third-order valence-electron chi connectivity index (χ3n) is 3.58. The van der Waals surface area contributed by atoms with Gasteiger partial charge in [-0.15, -0.1) is 0 Å². The second kappa shape index (κ2) is 17.5. The Morgan fingerprint density at radius 3 is 1.40 bits per heavy atom. The molecule has 0 saturated heterocycles. The molecule has 0 fully saturated rings. The van der Waals surface area contributed by atoms with Crippen LogP contribution in [0, 0.1) is 6.92 Å². The number of hydrogen-bond acceptors (Lipinski definition) is 10. The molecule has 10 nitrogen and oxygen atoms in total. The molecule has 1 aromatic carbocycles. The van der Waals surface area contributed by atoms with Crippen molar-refractivity contribution in [3.63, 3.8) is 0 Å². The lowest BCUT2D eigenvalue weighted by Gasteiger charge is -2.08. The number of ether oxygens (including phenoxy) is 5. The van der Waals surface area contributed by atoms with Gasteiger partial charge in [0.15, 0.2) is 0 Å². The maximum Gasteiger partial charge on any atom is 0.297 e. The predicted octanol–water partition coefficient (Wildman–Crippen LogP) is 1.27. The van der Waals surface area contributed by atoms with Crippen LogP contribution in [0.15, 0.2) is 29.2 Å². The molecule has 0 spiro atoms. The number of rotatable bonds is 20. The van der Waals surface area contributed by atoms with E-state index in [-0.39, 0.29) is 24.7 Å². The lowest BCUT2D eigenvalue weighted by Crippen LogP contribution is -2.15. The van der Waals surface area contributed by atoms with Crippen LogP contribution in [0.3, 0.4) is 0 Å². The van der Waals surface area contributed by atoms with Crippen LogP contribution in [0.4, 0.5) is 0 Å². The van der Waals surface area contributed by atoms with Crippen LogP contribution in [0.1, 0.15) is 5.56 Å². The normalized spacial score (nSPS) is 11.8. The summed E-state index contributed by atoms with van der Waals surface area (Å²) in [5.74, 6) is 0. The average Bonchev–Trinajstić information content (AvgIpc) is 2.73. The summed E-state index contributed by atoms with van der Waals surface area (Å²) < 4.78 is 55.2. The first-order chi connectivity index (χ1) is 14.6. The Hall–Kier alpha value is -1.15. The van der Waals surface area contributed by atoms with E-state index in [0.29, 0.717) is 59.5 Å². The Morgan fingerprint density at radius 1 is 0.633 bits per heavy atom. The first-order valence-corrected chi connectivity index (χ1v) is 11.1. The second-order valence-electron chi connectivity index (χ2n) is 5.98. The highest BCUT2D eigenvalue weighted by Crippen LogP contribution is 2.12. The molecule has 0 heterocycles. The van der Waals surface area contributed by atoms with Gasteiger partial charge in [0, 0.05) is 0 Å². The molecule has 174 valence electrons. The summed E-state index contributed by atoms with van der Waals surface area (Å²) in [6.07, 6.45) is 0. The van der Waals surface area contributed by atoms with Crippen LogP contribution in [-0.2, 0) is 42.9 Å². The molecular weight excluding hydrogens is 420 g/mol. The van der Waals surface area contributed by atoms with Gasteiger partial charge in [-0.25, -0.2) is 4.89 Å². The fourth-order valence-corrected chi connectivity index (χ4v) is 2.95. The molecule has 1 aromatic rings. The molecule has 0 aliphatic rings. The highest BCUT2D eigenvalue weighted by molar-refractivity contribution is 7.86. The van der Waals surface area contributed by atoms with Crippen LogP contribution < -0.4 is 0 Å². The smallest absolute Gasteiger partial charge is 0.297 e. The number of benzene rings is 1. The summed E-state index contributed by atoms with van der Waals surface area (Å²) in [4.78, 5) is 3.99. The van der Waals surface area contributed by atoms with Crippen LogP contribution >= 0.6 is 0 Å². The van der Waals surface area contributed by atoms with E-state index in [1.807, 2.05) is 6.92 Å². The van der Waals surface area contributed by atoms with Crippen molar-refractivity contribution in [1.29, 1.82) is 0 Å². The number of hydrogen-bond donors (Lipinski definition) is 1. The van der Waals surface area contributed by atoms with Crippen molar-refractivity contribution < 1.29 is 46.4 Å². The van der Waals surface area contributed by atoms with Crippen LogP contribution in [0.25, 0.3) is 0 Å². The monoisotopic (exact) mass is 452 g/mol. The van der Waals surface area contributed by atoms with E-state index in [1.165, 1.54) is 12.1 Å². The largest absolute Gasteiger partial charge is 0.377 e. The van der Waals surface area contributed by atoms with Gasteiger partial charge in [-0.2, -0.15) is 8.42 Å². The van der Waals surface area contributed by atoms with Gasteiger partial charge < -0.3 is 23.7 Å². The molecule has 30 heavy (non-hydrogen) atoms. The Morgan fingerprint density at radius 2 is 1.00 bits per heavy atom. The zero-order valence-corrected chi connectivity index (χ0v) is 18.1. The predicted molar refractivity (Wildman–Crippen MR) is 107 cm³/mol. The van der Waals surface area contributed by atoms with Gasteiger partial charge in [-0.05, 0) is 19.1 Å². The summed E-state index contributed by atoms with van der Waals surface area (Å²) in [6.45, 7) is 5.77. The van der Waals surface area contributed by atoms with E-state index in [9.17, 15) is 8.42 Å². The third-order valence-corrected chi connectivity index (χ3v) is 4.91. The molecule has 0 aromatic heterocycles. The summed E-state index contributed by atoms with van der Waals surface area (Å²) in [5, 5.41) is 8.09. The summed E-state index contributed by atoms with van der Waals surface area (Å²) in [5.41, 5.74) is 0.976. The van der Waals surface area contributed by atoms with Crippen molar-refractivity contribution in [3.8, 4) is 0 Å². The molecule has 1 rings (SSSR count). The molecule has 0 bridgehead atoms. The van der Waals surface area contributed by atoms with Crippen LogP contribution in [-0.4, -0.2) is 93.0 Å². The minimum Gasteiger partial charge on any atom is -0.377 e. The minimum atomic E-state index is -3.76. The van der Waals surface area contributed by atoms with Crippen molar-refractivity contribution >= 4 is 10.1 Å². The van der Waals surface area contributed by atoms with Crippen LogP contribution in [0.2, 0.25) is 0 Å². The molecule has 1 N–H and O–H groups in total. The van der Waals surface area contributed by atoms with E-state index < -0.39 is 10.1 Å².